The maximum Gasteiger partial charge on any atom is 0.165 e. The number of rotatable bonds is 4. The van der Waals surface area contributed by atoms with Gasteiger partial charge in [0.05, 0.1) is 11.6 Å². The number of benzene rings is 2. The van der Waals surface area contributed by atoms with E-state index in [-0.39, 0.29) is 34.8 Å². The summed E-state index contributed by atoms with van der Waals surface area (Å²) < 4.78 is 32.6. The molecule has 0 N–H and O–H groups in total. The molecule has 0 spiro atoms. The fourth-order valence-electron chi connectivity index (χ4n) is 1.73. The molecule has 0 aromatic heterocycles. The maximum atomic E-state index is 13.7. The van der Waals surface area contributed by atoms with Gasteiger partial charge >= 0.3 is 0 Å². The first-order chi connectivity index (χ1) is 10.0. The van der Waals surface area contributed by atoms with Crippen LogP contribution in [0, 0.1) is 23.0 Å². The average Bonchev–Trinajstić information content (AvgIpc) is 2.46. The Morgan fingerprint density at radius 2 is 1.95 bits per heavy atom. The number of nitriles is 1. The molecular weight excluding hydrogens is 276 g/mol. The Kier molecular flexibility index (Phi) is 4.29. The Labute approximate surface area is 120 Å². The molecule has 2 aromatic rings. The lowest BCUT2D eigenvalue weighted by atomic mass is 10.1. The lowest BCUT2D eigenvalue weighted by Gasteiger charge is -2.09. The van der Waals surface area contributed by atoms with Crippen LogP contribution in [0.25, 0.3) is 0 Å². The summed E-state index contributed by atoms with van der Waals surface area (Å²) >= 11 is 0. The van der Waals surface area contributed by atoms with Crippen LogP contribution in [0.1, 0.15) is 28.4 Å². The molecule has 0 unspecified atom stereocenters. The fourth-order valence-corrected chi connectivity index (χ4v) is 1.73. The van der Waals surface area contributed by atoms with Crippen LogP contribution in [-0.2, 0) is 6.61 Å². The van der Waals surface area contributed by atoms with Gasteiger partial charge < -0.3 is 4.74 Å². The highest BCUT2D eigenvalue weighted by Crippen LogP contribution is 2.21. The average molecular weight is 287 g/mol. The van der Waals surface area contributed by atoms with Crippen molar-refractivity contribution in [1.29, 1.82) is 5.26 Å². The van der Waals surface area contributed by atoms with E-state index in [1.54, 1.807) is 0 Å². The maximum absolute atomic E-state index is 13.7. The quantitative estimate of drug-likeness (QED) is 0.807. The molecule has 0 aliphatic heterocycles. The molecule has 0 aliphatic carbocycles. The van der Waals surface area contributed by atoms with Crippen molar-refractivity contribution in [2.75, 3.05) is 0 Å². The Bertz CT molecular complexity index is 736. The molecule has 0 bridgehead atoms. The molecule has 0 heterocycles. The van der Waals surface area contributed by atoms with Crippen molar-refractivity contribution in [3.63, 3.8) is 0 Å². The summed E-state index contributed by atoms with van der Waals surface area (Å²) in [6, 6.07) is 9.62. The predicted octanol–water partition coefficient (Wildman–Crippen LogP) is 3.62. The Hall–Kier alpha value is -2.74. The molecule has 0 saturated heterocycles. The molecule has 3 nitrogen and oxygen atoms in total. The van der Waals surface area contributed by atoms with Crippen molar-refractivity contribution in [3.05, 3.63) is 64.7 Å². The van der Waals surface area contributed by atoms with Gasteiger partial charge in [-0.3, -0.25) is 4.79 Å². The van der Waals surface area contributed by atoms with E-state index in [4.69, 9.17) is 10.00 Å². The first-order valence-electron chi connectivity index (χ1n) is 6.13. The van der Waals surface area contributed by atoms with E-state index in [1.165, 1.54) is 31.2 Å². The molecule has 0 amide bonds. The molecule has 2 rings (SSSR count). The summed E-state index contributed by atoms with van der Waals surface area (Å²) in [5, 5.41) is 8.64. The molecule has 0 fully saturated rings. The third kappa shape index (κ3) is 3.42. The van der Waals surface area contributed by atoms with Crippen LogP contribution in [0.5, 0.6) is 5.75 Å². The highest BCUT2D eigenvalue weighted by molar-refractivity contribution is 5.94. The van der Waals surface area contributed by atoms with E-state index in [2.05, 4.69) is 0 Å². The van der Waals surface area contributed by atoms with Crippen LogP contribution >= 0.6 is 0 Å². The number of carbonyl (C=O) groups excluding carboxylic acids is 1. The monoisotopic (exact) mass is 287 g/mol. The van der Waals surface area contributed by atoms with Gasteiger partial charge in [0.25, 0.3) is 0 Å². The number of nitrogens with zero attached hydrogens (tertiary/aromatic N) is 1. The second-order valence-electron chi connectivity index (χ2n) is 4.41. The van der Waals surface area contributed by atoms with E-state index >= 15 is 0 Å². The topological polar surface area (TPSA) is 50.1 Å². The van der Waals surface area contributed by atoms with Gasteiger partial charge in [-0.1, -0.05) is 6.07 Å². The molecular formula is C16H11F2NO2. The van der Waals surface area contributed by atoms with Gasteiger partial charge in [-0.25, -0.2) is 8.78 Å². The third-order valence-corrected chi connectivity index (χ3v) is 2.90. The summed E-state index contributed by atoms with van der Waals surface area (Å²) in [7, 11) is 0. The standard InChI is InChI=1S/C16H11F2NO2/c1-10(20)12-4-5-16(15(18)7-12)21-9-13-3-2-11(8-19)6-14(13)17/h2-7H,9H2,1H3. The zero-order chi connectivity index (χ0) is 15.4. The van der Waals surface area contributed by atoms with Crippen LogP contribution < -0.4 is 4.74 Å². The Balaban J connectivity index is 2.13. The van der Waals surface area contributed by atoms with Crippen LogP contribution in [0.4, 0.5) is 8.78 Å². The van der Waals surface area contributed by atoms with Gasteiger partial charge in [0, 0.05) is 11.1 Å². The van der Waals surface area contributed by atoms with Crippen LogP contribution in [0.3, 0.4) is 0 Å². The largest absolute Gasteiger partial charge is 0.486 e. The molecule has 2 aromatic carbocycles. The van der Waals surface area contributed by atoms with E-state index in [9.17, 15) is 13.6 Å². The SMILES string of the molecule is CC(=O)c1ccc(OCc2ccc(C#N)cc2F)c(F)c1. The molecule has 0 atom stereocenters. The van der Waals surface area contributed by atoms with Gasteiger partial charge in [-0.05, 0) is 37.3 Å². The second kappa shape index (κ2) is 6.14. The van der Waals surface area contributed by atoms with Crippen LogP contribution in [-0.4, -0.2) is 5.78 Å². The number of carbonyl (C=O) groups is 1. The lowest BCUT2D eigenvalue weighted by molar-refractivity contribution is 0.101. The molecule has 5 heteroatoms. The predicted molar refractivity (Wildman–Crippen MR) is 71.9 cm³/mol. The smallest absolute Gasteiger partial charge is 0.165 e. The Morgan fingerprint density at radius 3 is 2.52 bits per heavy atom. The molecule has 106 valence electrons. The molecule has 21 heavy (non-hydrogen) atoms. The number of ketones is 1. The van der Waals surface area contributed by atoms with Gasteiger partial charge in [-0.15, -0.1) is 0 Å². The molecule has 0 aliphatic rings. The van der Waals surface area contributed by atoms with Gasteiger partial charge in [-0.2, -0.15) is 5.26 Å². The summed E-state index contributed by atoms with van der Waals surface area (Å²) in [6.07, 6.45) is 0. The zero-order valence-corrected chi connectivity index (χ0v) is 11.2. The highest BCUT2D eigenvalue weighted by Gasteiger charge is 2.09. The molecule has 0 saturated carbocycles. The van der Waals surface area contributed by atoms with E-state index in [0.29, 0.717) is 0 Å². The minimum Gasteiger partial charge on any atom is -0.486 e. The Morgan fingerprint density at radius 1 is 1.19 bits per heavy atom. The number of halogens is 2. The van der Waals surface area contributed by atoms with Crippen molar-refractivity contribution < 1.29 is 18.3 Å². The second-order valence-corrected chi connectivity index (χ2v) is 4.41. The van der Waals surface area contributed by atoms with E-state index in [0.717, 1.165) is 12.1 Å². The normalized spacial score (nSPS) is 10.0. The number of hydrogen-bond acceptors (Lipinski definition) is 3. The fraction of sp³-hybridized carbons (Fsp3) is 0.125. The third-order valence-electron chi connectivity index (χ3n) is 2.90. The highest BCUT2D eigenvalue weighted by atomic mass is 19.1. The first-order valence-corrected chi connectivity index (χ1v) is 6.13. The minimum atomic E-state index is -0.684. The van der Waals surface area contributed by atoms with Crippen molar-refractivity contribution in [2.24, 2.45) is 0 Å². The summed E-state index contributed by atoms with van der Waals surface area (Å²) in [4.78, 5) is 11.1. The van der Waals surface area contributed by atoms with Crippen LogP contribution in [0.2, 0.25) is 0 Å². The van der Waals surface area contributed by atoms with Gasteiger partial charge in [0.1, 0.15) is 12.4 Å². The number of hydrogen-bond donors (Lipinski definition) is 0. The van der Waals surface area contributed by atoms with Crippen molar-refractivity contribution >= 4 is 5.78 Å². The van der Waals surface area contributed by atoms with Crippen molar-refractivity contribution in [3.8, 4) is 11.8 Å². The van der Waals surface area contributed by atoms with Gasteiger partial charge in [0.15, 0.2) is 17.3 Å². The summed E-state index contributed by atoms with van der Waals surface area (Å²) in [5.74, 6) is -1.59. The van der Waals surface area contributed by atoms with E-state index in [1.807, 2.05) is 6.07 Å². The minimum absolute atomic E-state index is 0.0660. The zero-order valence-electron chi connectivity index (χ0n) is 11.2. The summed E-state index contributed by atoms with van der Waals surface area (Å²) in [6.45, 7) is 1.16. The van der Waals surface area contributed by atoms with Crippen molar-refractivity contribution in [1.82, 2.24) is 0 Å². The van der Waals surface area contributed by atoms with Crippen LogP contribution in [0.15, 0.2) is 36.4 Å². The van der Waals surface area contributed by atoms with Gasteiger partial charge in [0.2, 0.25) is 0 Å². The summed E-state index contributed by atoms with van der Waals surface area (Å²) in [5.41, 5.74) is 0.654. The molecule has 0 radical (unpaired) electrons. The number of ether oxygens (including phenoxy) is 1. The van der Waals surface area contributed by atoms with Crippen molar-refractivity contribution in [2.45, 2.75) is 13.5 Å². The number of Topliss-reactive ketones (excluding diaryl/α,β-unsaturated/α-hetero) is 1. The first kappa shape index (κ1) is 14.7. The van der Waals surface area contributed by atoms with E-state index < -0.39 is 11.6 Å². The lowest BCUT2D eigenvalue weighted by Crippen LogP contribution is -2.01.